The molecule has 0 saturated carbocycles. The number of H-pyrrole nitrogens is 1. The molecule has 0 saturated heterocycles. The highest BCUT2D eigenvalue weighted by molar-refractivity contribution is 6.34. The van der Waals surface area contributed by atoms with Gasteiger partial charge in [0.2, 0.25) is 0 Å². The molecule has 3 rings (SSSR count). The van der Waals surface area contributed by atoms with Gasteiger partial charge in [-0.1, -0.05) is 25.4 Å². The number of nitrogens with one attached hydrogen (secondary N) is 3. The van der Waals surface area contributed by atoms with Crippen LogP contribution in [0.5, 0.6) is 0 Å². The summed E-state index contributed by atoms with van der Waals surface area (Å²) < 4.78 is 0. The lowest BCUT2D eigenvalue weighted by atomic mass is 10.1. The number of anilines is 1. The van der Waals surface area contributed by atoms with Crippen LogP contribution in [-0.2, 0) is 4.79 Å². The molecule has 7 heteroatoms. The van der Waals surface area contributed by atoms with Crippen LogP contribution in [0.4, 0.5) is 5.69 Å². The van der Waals surface area contributed by atoms with E-state index < -0.39 is 0 Å². The molecule has 3 N–H and O–H groups in total. The van der Waals surface area contributed by atoms with Crippen molar-refractivity contribution in [2.24, 2.45) is 0 Å². The number of nitrogens with zero attached hydrogens (tertiary/aromatic N) is 1. The van der Waals surface area contributed by atoms with E-state index in [1.54, 1.807) is 24.3 Å². The summed E-state index contributed by atoms with van der Waals surface area (Å²) in [5, 5.41) is 6.36. The molecule has 2 amide bonds. The van der Waals surface area contributed by atoms with Crippen molar-refractivity contribution in [3.63, 3.8) is 0 Å². The molecule has 158 valence electrons. The van der Waals surface area contributed by atoms with Gasteiger partial charge in [0.05, 0.1) is 11.1 Å². The number of fused-ring (bicyclic) bond motifs is 1. The molecule has 0 aliphatic carbocycles. The van der Waals surface area contributed by atoms with Gasteiger partial charge in [0.25, 0.3) is 11.8 Å². The number of hydrogen-bond acceptors (Lipinski definition) is 3. The molecule has 0 atom stereocenters. The lowest BCUT2D eigenvalue weighted by molar-refractivity contribution is -0.110. The van der Waals surface area contributed by atoms with Crippen molar-refractivity contribution in [2.75, 3.05) is 31.5 Å². The maximum atomic E-state index is 12.7. The molecule has 1 aliphatic rings. The van der Waals surface area contributed by atoms with Crippen LogP contribution >= 0.6 is 11.6 Å². The minimum atomic E-state index is -0.223. The fraction of sp³-hybridized carbons (Fsp3) is 0.348. The summed E-state index contributed by atoms with van der Waals surface area (Å²) >= 11 is 6.07. The smallest absolute Gasteiger partial charge is 0.264 e. The van der Waals surface area contributed by atoms with Crippen LogP contribution in [0.15, 0.2) is 23.9 Å². The maximum absolute atomic E-state index is 12.7. The van der Waals surface area contributed by atoms with E-state index in [-0.39, 0.29) is 11.8 Å². The van der Waals surface area contributed by atoms with Gasteiger partial charge in [-0.3, -0.25) is 9.59 Å². The minimum Gasteiger partial charge on any atom is -0.358 e. The first kappa shape index (κ1) is 21.9. The average molecular weight is 427 g/mol. The monoisotopic (exact) mass is 426 g/mol. The van der Waals surface area contributed by atoms with Crippen molar-refractivity contribution in [1.82, 2.24) is 15.2 Å². The molecular formula is C23H27ClN4O2. The molecule has 6 nitrogen and oxygen atoms in total. The summed E-state index contributed by atoms with van der Waals surface area (Å²) in [6.45, 7) is 11.3. The van der Waals surface area contributed by atoms with Gasteiger partial charge in [-0.15, -0.1) is 5.73 Å². The molecule has 1 aliphatic heterocycles. The second-order valence-corrected chi connectivity index (χ2v) is 7.69. The highest BCUT2D eigenvalue weighted by Gasteiger charge is 2.24. The third-order valence-electron chi connectivity index (χ3n) is 5.40. The Kier molecular flexibility index (Phi) is 6.83. The fourth-order valence-corrected chi connectivity index (χ4v) is 3.81. The van der Waals surface area contributed by atoms with Gasteiger partial charge in [-0.25, -0.2) is 0 Å². The van der Waals surface area contributed by atoms with Crippen LogP contribution < -0.4 is 10.6 Å². The van der Waals surface area contributed by atoms with Gasteiger partial charge in [-0.2, -0.15) is 0 Å². The number of likely N-dealkylation sites (N-methyl/N-ethyl adjacent to an activating group) is 1. The predicted molar refractivity (Wildman–Crippen MR) is 122 cm³/mol. The number of aromatic amines is 1. The molecule has 30 heavy (non-hydrogen) atoms. The molecule has 0 radical (unpaired) electrons. The van der Waals surface area contributed by atoms with Gasteiger partial charge in [-0.05, 0) is 50.7 Å². The molecule has 0 fully saturated rings. The molecule has 0 unspecified atom stereocenters. The lowest BCUT2D eigenvalue weighted by Crippen LogP contribution is -2.35. The van der Waals surface area contributed by atoms with Crippen LogP contribution in [0.3, 0.4) is 0 Å². The van der Waals surface area contributed by atoms with Gasteiger partial charge in [0, 0.05) is 46.8 Å². The number of aryl methyl sites for hydroxylation is 1. The standard InChI is InChI=1S/C23H27ClN4O2/c1-5-28(6-2)12-11-25-23(30)21-14(3)19(26-15(21)4)10-8-17-18-13-16(24)7-9-20(18)27-22(17)29/h7,9-10,13,26H,5-6,11-12H2,1-4H3,(H,25,30)(H,27,29). The molecule has 1 aromatic heterocycles. The zero-order chi connectivity index (χ0) is 21.8. The topological polar surface area (TPSA) is 77.2 Å². The van der Waals surface area contributed by atoms with Crippen LogP contribution in [-0.4, -0.2) is 47.9 Å². The Labute approximate surface area is 182 Å². The van der Waals surface area contributed by atoms with Gasteiger partial charge >= 0.3 is 0 Å². The fourth-order valence-electron chi connectivity index (χ4n) is 3.64. The van der Waals surface area contributed by atoms with Crippen molar-refractivity contribution in [1.29, 1.82) is 0 Å². The second-order valence-electron chi connectivity index (χ2n) is 7.25. The van der Waals surface area contributed by atoms with Gasteiger partial charge in [0.1, 0.15) is 0 Å². The second kappa shape index (κ2) is 9.35. The summed E-state index contributed by atoms with van der Waals surface area (Å²) in [6, 6.07) is 5.25. The summed E-state index contributed by atoms with van der Waals surface area (Å²) in [4.78, 5) is 30.5. The van der Waals surface area contributed by atoms with Crippen molar-refractivity contribution in [3.05, 3.63) is 57.0 Å². The van der Waals surface area contributed by atoms with E-state index in [4.69, 9.17) is 11.6 Å². The van der Waals surface area contributed by atoms with Crippen LogP contribution in [0, 0.1) is 13.8 Å². The number of rotatable bonds is 7. The Hall–Kier alpha value is -2.79. The Balaban J connectivity index is 1.83. The van der Waals surface area contributed by atoms with E-state index in [1.165, 1.54) is 0 Å². The van der Waals surface area contributed by atoms with Crippen LogP contribution in [0.25, 0.3) is 11.6 Å². The normalized spacial score (nSPS) is 12.6. The number of carbonyl (C=O) groups excluding carboxylic acids is 2. The van der Waals surface area contributed by atoms with Crippen molar-refractivity contribution >= 4 is 40.8 Å². The van der Waals surface area contributed by atoms with E-state index in [1.807, 2.05) is 13.8 Å². The Morgan fingerprint density at radius 3 is 2.70 bits per heavy atom. The molecular weight excluding hydrogens is 400 g/mol. The summed E-state index contributed by atoms with van der Waals surface area (Å²) in [5.41, 5.74) is 7.92. The third-order valence-corrected chi connectivity index (χ3v) is 5.63. The number of carbonyl (C=O) groups is 2. The highest BCUT2D eigenvalue weighted by atomic mass is 35.5. The van der Waals surface area contributed by atoms with Crippen LogP contribution in [0.2, 0.25) is 5.02 Å². The van der Waals surface area contributed by atoms with Gasteiger partial charge in [0.15, 0.2) is 0 Å². The Bertz CT molecular complexity index is 1040. The number of amides is 2. The predicted octanol–water partition coefficient (Wildman–Crippen LogP) is 4.00. The lowest BCUT2D eigenvalue weighted by Gasteiger charge is -2.18. The van der Waals surface area contributed by atoms with E-state index in [0.29, 0.717) is 28.4 Å². The Morgan fingerprint density at radius 2 is 2.00 bits per heavy atom. The number of aromatic nitrogens is 1. The first-order chi connectivity index (χ1) is 14.3. The van der Waals surface area contributed by atoms with Crippen LogP contribution in [0.1, 0.15) is 46.7 Å². The quantitative estimate of drug-likeness (QED) is 0.462. The average Bonchev–Trinajstić information content (AvgIpc) is 3.18. The Morgan fingerprint density at radius 1 is 1.27 bits per heavy atom. The molecule has 2 aromatic rings. The van der Waals surface area contributed by atoms with Crippen molar-refractivity contribution < 1.29 is 9.59 Å². The van der Waals surface area contributed by atoms with Gasteiger partial charge < -0.3 is 20.5 Å². The maximum Gasteiger partial charge on any atom is 0.264 e. The molecule has 2 heterocycles. The highest BCUT2D eigenvalue weighted by Crippen LogP contribution is 2.33. The van der Waals surface area contributed by atoms with Crippen molar-refractivity contribution in [3.8, 4) is 0 Å². The van der Waals surface area contributed by atoms with Crippen molar-refractivity contribution in [2.45, 2.75) is 27.7 Å². The zero-order valence-electron chi connectivity index (χ0n) is 17.8. The number of halogens is 1. The van der Waals surface area contributed by atoms with E-state index in [9.17, 15) is 9.59 Å². The SMILES string of the molecule is CCN(CC)CCNC(=O)c1c(C)[nH]c(C=C=C2C(=O)Nc3ccc(Cl)cc32)c1C. The summed E-state index contributed by atoms with van der Waals surface area (Å²) in [7, 11) is 0. The first-order valence-corrected chi connectivity index (χ1v) is 10.5. The van der Waals surface area contributed by atoms with E-state index >= 15 is 0 Å². The zero-order valence-corrected chi connectivity index (χ0v) is 18.5. The first-order valence-electron chi connectivity index (χ1n) is 10.1. The number of benzene rings is 1. The minimum absolute atomic E-state index is 0.101. The number of hydrogen-bond donors (Lipinski definition) is 3. The molecule has 0 bridgehead atoms. The molecule has 1 aromatic carbocycles. The van der Waals surface area contributed by atoms with E-state index in [2.05, 4.69) is 40.1 Å². The van der Waals surface area contributed by atoms with E-state index in [0.717, 1.165) is 42.1 Å². The third kappa shape index (κ3) is 4.51. The summed E-state index contributed by atoms with van der Waals surface area (Å²) in [5.74, 6) is -0.324. The largest absolute Gasteiger partial charge is 0.358 e. The molecule has 0 spiro atoms. The summed E-state index contributed by atoms with van der Waals surface area (Å²) in [6.07, 6.45) is 1.71.